The van der Waals surface area contributed by atoms with Gasteiger partial charge in [0.05, 0.1) is 20.8 Å². The first kappa shape index (κ1) is 21.9. The maximum absolute atomic E-state index is 13.2. The molecule has 0 unspecified atom stereocenters. The number of thiazole rings is 1. The van der Waals surface area contributed by atoms with Crippen molar-refractivity contribution in [1.29, 1.82) is 0 Å². The highest BCUT2D eigenvalue weighted by Crippen LogP contribution is 2.46. The average molecular weight is 502 g/mol. The molecule has 1 amide bonds. The molecular weight excluding hydrogens is 481 g/mol. The SMILES string of the molecule is CC(C)N1CCc2c(sc(NC(=O)c3cc(Cl)ccc3Cl)c2-c2nc3ccccc3s2)C1. The number of fused-ring (bicyclic) bond motifs is 2. The summed E-state index contributed by atoms with van der Waals surface area (Å²) in [4.78, 5) is 21.8. The Hall–Kier alpha value is -1.96. The first-order valence-electron chi connectivity index (χ1n) is 10.4. The molecule has 4 nitrogen and oxygen atoms in total. The predicted octanol–water partition coefficient (Wildman–Crippen LogP) is 7.35. The molecule has 0 bridgehead atoms. The topological polar surface area (TPSA) is 45.2 Å². The second-order valence-corrected chi connectivity index (χ2v) is 11.1. The summed E-state index contributed by atoms with van der Waals surface area (Å²) in [6, 6.07) is 13.5. The van der Waals surface area contributed by atoms with Gasteiger partial charge in [0.2, 0.25) is 0 Å². The monoisotopic (exact) mass is 501 g/mol. The van der Waals surface area contributed by atoms with E-state index in [0.717, 1.165) is 45.3 Å². The van der Waals surface area contributed by atoms with Crippen LogP contribution in [0.15, 0.2) is 42.5 Å². The van der Waals surface area contributed by atoms with E-state index in [1.807, 2.05) is 18.2 Å². The van der Waals surface area contributed by atoms with E-state index in [4.69, 9.17) is 28.2 Å². The van der Waals surface area contributed by atoms with E-state index in [1.165, 1.54) is 10.4 Å². The lowest BCUT2D eigenvalue weighted by atomic mass is 10.0. The largest absolute Gasteiger partial charge is 0.313 e. The van der Waals surface area contributed by atoms with Crippen molar-refractivity contribution in [3.63, 3.8) is 0 Å². The average Bonchev–Trinajstić information content (AvgIpc) is 3.35. The third kappa shape index (κ3) is 4.06. The van der Waals surface area contributed by atoms with Gasteiger partial charge in [0.1, 0.15) is 10.0 Å². The highest BCUT2D eigenvalue weighted by molar-refractivity contribution is 7.23. The van der Waals surface area contributed by atoms with Crippen LogP contribution in [0.5, 0.6) is 0 Å². The number of thiophene rings is 1. The van der Waals surface area contributed by atoms with Crippen LogP contribution in [0.25, 0.3) is 20.8 Å². The minimum Gasteiger partial charge on any atom is -0.313 e. The molecule has 0 radical (unpaired) electrons. The summed E-state index contributed by atoms with van der Waals surface area (Å²) in [5.41, 5.74) is 3.67. The van der Waals surface area contributed by atoms with Crippen molar-refractivity contribution in [3.05, 3.63) is 68.5 Å². The van der Waals surface area contributed by atoms with E-state index in [9.17, 15) is 4.79 Å². The Morgan fingerprint density at radius 2 is 1.97 bits per heavy atom. The van der Waals surface area contributed by atoms with Gasteiger partial charge in [-0.2, -0.15) is 0 Å². The number of benzene rings is 2. The summed E-state index contributed by atoms with van der Waals surface area (Å²) in [5, 5.41) is 5.73. The zero-order chi connectivity index (χ0) is 22.4. The van der Waals surface area contributed by atoms with E-state index < -0.39 is 0 Å². The molecule has 1 N–H and O–H groups in total. The van der Waals surface area contributed by atoms with Crippen molar-refractivity contribution in [1.82, 2.24) is 9.88 Å². The molecule has 0 aliphatic carbocycles. The number of anilines is 1. The van der Waals surface area contributed by atoms with Gasteiger partial charge in [0.25, 0.3) is 5.91 Å². The second-order valence-electron chi connectivity index (χ2n) is 8.09. The summed E-state index contributed by atoms with van der Waals surface area (Å²) >= 11 is 15.7. The molecule has 1 aliphatic rings. The lowest BCUT2D eigenvalue weighted by Gasteiger charge is -2.30. The zero-order valence-electron chi connectivity index (χ0n) is 17.6. The van der Waals surface area contributed by atoms with Crippen molar-refractivity contribution >= 4 is 67.0 Å². The molecule has 0 atom stereocenters. The van der Waals surface area contributed by atoms with Crippen LogP contribution in [-0.4, -0.2) is 28.4 Å². The lowest BCUT2D eigenvalue weighted by Crippen LogP contribution is -2.35. The fraction of sp³-hybridized carbons (Fsp3) is 0.250. The predicted molar refractivity (Wildman–Crippen MR) is 137 cm³/mol. The van der Waals surface area contributed by atoms with E-state index in [0.29, 0.717) is 21.7 Å². The van der Waals surface area contributed by atoms with Crippen LogP contribution in [0.1, 0.15) is 34.6 Å². The minimum absolute atomic E-state index is 0.265. The third-order valence-corrected chi connectivity index (χ3v) is 8.48. The molecule has 2 aromatic heterocycles. The van der Waals surface area contributed by atoms with Crippen LogP contribution in [0.4, 0.5) is 5.00 Å². The maximum Gasteiger partial charge on any atom is 0.257 e. The van der Waals surface area contributed by atoms with Crippen LogP contribution >= 0.6 is 45.9 Å². The van der Waals surface area contributed by atoms with Gasteiger partial charge in [-0.15, -0.1) is 22.7 Å². The molecule has 32 heavy (non-hydrogen) atoms. The van der Waals surface area contributed by atoms with Crippen molar-refractivity contribution in [3.8, 4) is 10.6 Å². The Morgan fingerprint density at radius 1 is 1.16 bits per heavy atom. The Bertz CT molecular complexity index is 1300. The number of hydrogen-bond donors (Lipinski definition) is 1. The van der Waals surface area contributed by atoms with Crippen molar-refractivity contribution in [2.24, 2.45) is 0 Å². The first-order valence-corrected chi connectivity index (χ1v) is 12.8. The number of aromatic nitrogens is 1. The zero-order valence-corrected chi connectivity index (χ0v) is 20.8. The molecule has 3 heterocycles. The van der Waals surface area contributed by atoms with Crippen LogP contribution in [0.2, 0.25) is 10.0 Å². The molecule has 0 spiro atoms. The Morgan fingerprint density at radius 3 is 2.75 bits per heavy atom. The summed E-state index contributed by atoms with van der Waals surface area (Å²) in [6.07, 6.45) is 0.934. The quantitative estimate of drug-likeness (QED) is 0.317. The van der Waals surface area contributed by atoms with E-state index in [-0.39, 0.29) is 5.91 Å². The number of halogens is 2. The van der Waals surface area contributed by atoms with Gasteiger partial charge >= 0.3 is 0 Å². The maximum atomic E-state index is 13.2. The normalized spacial score (nSPS) is 14.2. The molecular formula is C24H21Cl2N3OS2. The highest BCUT2D eigenvalue weighted by atomic mass is 35.5. The van der Waals surface area contributed by atoms with Gasteiger partial charge in [-0.05, 0) is 56.2 Å². The molecule has 0 saturated heterocycles. The van der Waals surface area contributed by atoms with Gasteiger partial charge in [-0.1, -0.05) is 35.3 Å². The van der Waals surface area contributed by atoms with Crippen LogP contribution in [0.3, 0.4) is 0 Å². The summed E-state index contributed by atoms with van der Waals surface area (Å²) in [7, 11) is 0. The number of para-hydroxylation sites is 1. The fourth-order valence-electron chi connectivity index (χ4n) is 4.00. The molecule has 1 aliphatic heterocycles. The number of carbonyl (C=O) groups excluding carboxylic acids is 1. The summed E-state index contributed by atoms with van der Waals surface area (Å²) < 4.78 is 1.14. The second kappa shape index (κ2) is 8.76. The Labute approximate surface area is 204 Å². The first-order chi connectivity index (χ1) is 15.4. The smallest absolute Gasteiger partial charge is 0.257 e. The molecule has 0 saturated carbocycles. The Balaban J connectivity index is 1.60. The molecule has 164 valence electrons. The third-order valence-electron chi connectivity index (χ3n) is 5.72. The number of nitrogens with zero attached hydrogens (tertiary/aromatic N) is 2. The van der Waals surface area contributed by atoms with Gasteiger partial charge in [-0.25, -0.2) is 4.98 Å². The molecule has 2 aromatic carbocycles. The number of hydrogen-bond acceptors (Lipinski definition) is 5. The summed E-state index contributed by atoms with van der Waals surface area (Å²) in [6.45, 7) is 6.31. The van der Waals surface area contributed by atoms with Crippen molar-refractivity contribution < 1.29 is 4.79 Å². The van der Waals surface area contributed by atoms with Crippen LogP contribution in [0, 0.1) is 0 Å². The van der Waals surface area contributed by atoms with Gasteiger partial charge < -0.3 is 5.32 Å². The molecule has 5 rings (SSSR count). The van der Waals surface area contributed by atoms with Crippen molar-refractivity contribution in [2.75, 3.05) is 11.9 Å². The number of amides is 1. The number of rotatable bonds is 4. The fourth-order valence-corrected chi connectivity index (χ4v) is 6.75. The van der Waals surface area contributed by atoms with E-state index in [1.54, 1.807) is 40.9 Å². The Kier molecular flexibility index (Phi) is 5.99. The van der Waals surface area contributed by atoms with Gasteiger partial charge in [0, 0.05) is 34.6 Å². The molecule has 0 fully saturated rings. The number of carbonyl (C=O) groups is 1. The van der Waals surface area contributed by atoms with Crippen molar-refractivity contribution in [2.45, 2.75) is 32.9 Å². The van der Waals surface area contributed by atoms with Crippen LogP contribution in [-0.2, 0) is 13.0 Å². The van der Waals surface area contributed by atoms with E-state index in [2.05, 4.69) is 30.1 Å². The van der Waals surface area contributed by atoms with E-state index >= 15 is 0 Å². The standard InChI is InChI=1S/C24H21Cl2N3OS2/c1-13(2)29-10-9-15-20(12-29)32-24(28-22(30)16-11-14(25)7-8-17(16)26)21(15)23-27-18-5-3-4-6-19(18)31-23/h3-8,11,13H,9-10,12H2,1-2H3,(H,28,30). The molecule has 8 heteroatoms. The van der Waals surface area contributed by atoms with Gasteiger partial charge in [-0.3, -0.25) is 9.69 Å². The van der Waals surface area contributed by atoms with Gasteiger partial charge in [0.15, 0.2) is 0 Å². The summed E-state index contributed by atoms with van der Waals surface area (Å²) in [5.74, 6) is -0.265. The number of nitrogens with one attached hydrogen (secondary N) is 1. The lowest BCUT2D eigenvalue weighted by molar-refractivity contribution is 0.102. The van der Waals surface area contributed by atoms with Crippen LogP contribution < -0.4 is 5.32 Å². The molecule has 4 aromatic rings. The highest BCUT2D eigenvalue weighted by Gasteiger charge is 2.29. The minimum atomic E-state index is -0.265.